The van der Waals surface area contributed by atoms with E-state index >= 15 is 0 Å². The van der Waals surface area contributed by atoms with Gasteiger partial charge in [0.1, 0.15) is 0 Å². The predicted octanol–water partition coefficient (Wildman–Crippen LogP) is 4.58. The number of para-hydroxylation sites is 1. The number of ether oxygens (including phenoxy) is 2. The van der Waals surface area contributed by atoms with E-state index in [4.69, 9.17) is 9.47 Å². The number of pyridine rings is 1. The number of benzene rings is 3. The highest BCUT2D eigenvalue weighted by Gasteiger charge is 2.18. The van der Waals surface area contributed by atoms with Gasteiger partial charge in [-0.1, -0.05) is 18.2 Å². The van der Waals surface area contributed by atoms with E-state index in [-0.39, 0.29) is 11.2 Å². The average molecular weight is 402 g/mol. The molecule has 30 heavy (non-hydrogen) atoms. The van der Waals surface area contributed by atoms with E-state index < -0.39 is 4.92 Å². The van der Waals surface area contributed by atoms with E-state index in [1.807, 2.05) is 36.4 Å². The number of nitrogens with zero attached hydrogens (tertiary/aromatic N) is 2. The van der Waals surface area contributed by atoms with Crippen LogP contribution in [0, 0.1) is 10.1 Å². The van der Waals surface area contributed by atoms with Gasteiger partial charge < -0.3 is 9.47 Å². The van der Waals surface area contributed by atoms with Crippen molar-refractivity contribution in [3.63, 3.8) is 0 Å². The third-order valence-electron chi connectivity index (χ3n) is 4.90. The number of fused-ring (bicyclic) bond motifs is 1. The van der Waals surface area contributed by atoms with Crippen molar-refractivity contribution in [1.29, 1.82) is 0 Å². The highest BCUT2D eigenvalue weighted by molar-refractivity contribution is 5.97. The maximum absolute atomic E-state index is 13.1. The summed E-state index contributed by atoms with van der Waals surface area (Å²) >= 11 is 0. The van der Waals surface area contributed by atoms with Crippen LogP contribution in [0.1, 0.15) is 0 Å². The second-order valence-electron chi connectivity index (χ2n) is 6.60. The molecule has 0 radical (unpaired) electrons. The van der Waals surface area contributed by atoms with Gasteiger partial charge in [-0.3, -0.25) is 19.5 Å². The van der Waals surface area contributed by atoms with Crippen LogP contribution in [-0.4, -0.2) is 23.7 Å². The lowest BCUT2D eigenvalue weighted by molar-refractivity contribution is -0.384. The van der Waals surface area contributed by atoms with Crippen molar-refractivity contribution in [3.8, 4) is 28.4 Å². The minimum absolute atomic E-state index is 0.0214. The smallest absolute Gasteiger partial charge is 0.269 e. The molecular formula is C23H18N2O5. The largest absolute Gasteiger partial charge is 0.493 e. The van der Waals surface area contributed by atoms with Gasteiger partial charge in [0.2, 0.25) is 0 Å². The van der Waals surface area contributed by atoms with Crippen molar-refractivity contribution in [1.82, 2.24) is 4.57 Å². The van der Waals surface area contributed by atoms with E-state index in [9.17, 15) is 14.9 Å². The number of aromatic nitrogens is 1. The Bertz CT molecular complexity index is 1300. The molecule has 0 N–H and O–H groups in total. The van der Waals surface area contributed by atoms with Crippen LogP contribution >= 0.6 is 0 Å². The normalized spacial score (nSPS) is 10.7. The SMILES string of the molecule is COc1cc2cc(=O)n(-c3ccccc3)c(-c3ccc([N+](=O)[O-])cc3)c2cc1OC. The molecule has 0 bridgehead atoms. The minimum atomic E-state index is -0.453. The molecule has 0 fully saturated rings. The van der Waals surface area contributed by atoms with Gasteiger partial charge in [-0.2, -0.15) is 0 Å². The second kappa shape index (κ2) is 7.71. The van der Waals surface area contributed by atoms with Gasteiger partial charge in [-0.25, -0.2) is 0 Å². The lowest BCUT2D eigenvalue weighted by Crippen LogP contribution is -2.19. The molecule has 150 valence electrons. The maximum Gasteiger partial charge on any atom is 0.269 e. The summed E-state index contributed by atoms with van der Waals surface area (Å²) in [5.41, 5.74) is 1.72. The van der Waals surface area contributed by atoms with Crippen molar-refractivity contribution >= 4 is 16.5 Å². The molecule has 7 heteroatoms. The van der Waals surface area contributed by atoms with Crippen LogP contribution in [-0.2, 0) is 0 Å². The molecule has 0 saturated carbocycles. The summed E-state index contributed by atoms with van der Waals surface area (Å²) < 4.78 is 12.4. The zero-order chi connectivity index (χ0) is 21.3. The van der Waals surface area contributed by atoms with Gasteiger partial charge in [-0.15, -0.1) is 0 Å². The summed E-state index contributed by atoms with van der Waals surface area (Å²) in [6.45, 7) is 0. The third kappa shape index (κ3) is 3.26. The average Bonchev–Trinajstić information content (AvgIpc) is 2.78. The first-order valence-corrected chi connectivity index (χ1v) is 9.15. The lowest BCUT2D eigenvalue weighted by Gasteiger charge is -2.18. The molecule has 0 aliphatic rings. The molecule has 0 aliphatic carbocycles. The van der Waals surface area contributed by atoms with Crippen LogP contribution in [0.15, 0.2) is 77.6 Å². The van der Waals surface area contributed by atoms with E-state index in [1.165, 1.54) is 19.2 Å². The second-order valence-corrected chi connectivity index (χ2v) is 6.60. The van der Waals surface area contributed by atoms with Gasteiger partial charge in [0, 0.05) is 29.3 Å². The summed E-state index contributed by atoms with van der Waals surface area (Å²) in [6, 6.07) is 20.5. The first kappa shape index (κ1) is 19.2. The lowest BCUT2D eigenvalue weighted by atomic mass is 10.0. The number of nitro benzene ring substituents is 1. The molecule has 0 unspecified atom stereocenters. The van der Waals surface area contributed by atoms with Crippen molar-refractivity contribution in [3.05, 3.63) is 93.3 Å². The molecule has 0 atom stereocenters. The number of non-ortho nitro benzene ring substituents is 1. The number of rotatable bonds is 5. The Morgan fingerprint density at radius 3 is 2.10 bits per heavy atom. The van der Waals surface area contributed by atoms with Crippen LogP contribution in [0.4, 0.5) is 5.69 Å². The first-order chi connectivity index (χ1) is 14.5. The molecule has 0 aliphatic heterocycles. The van der Waals surface area contributed by atoms with Crippen LogP contribution in [0.25, 0.3) is 27.7 Å². The molecule has 0 spiro atoms. The number of hydrogen-bond donors (Lipinski definition) is 0. The van der Waals surface area contributed by atoms with E-state index in [0.717, 1.165) is 5.39 Å². The molecule has 0 amide bonds. The molecular weight excluding hydrogens is 384 g/mol. The van der Waals surface area contributed by atoms with Gasteiger partial charge in [0.05, 0.1) is 24.8 Å². The summed E-state index contributed by atoms with van der Waals surface area (Å²) in [4.78, 5) is 23.8. The Morgan fingerprint density at radius 2 is 1.50 bits per heavy atom. The summed E-state index contributed by atoms with van der Waals surface area (Å²) in [6.07, 6.45) is 0. The van der Waals surface area contributed by atoms with Crippen LogP contribution in [0.5, 0.6) is 11.5 Å². The summed E-state index contributed by atoms with van der Waals surface area (Å²) in [5.74, 6) is 1.03. The summed E-state index contributed by atoms with van der Waals surface area (Å²) in [7, 11) is 3.08. The Labute approximate surface area is 171 Å². The molecule has 7 nitrogen and oxygen atoms in total. The topological polar surface area (TPSA) is 83.6 Å². The fraction of sp³-hybridized carbons (Fsp3) is 0.0870. The maximum atomic E-state index is 13.1. The third-order valence-corrected chi connectivity index (χ3v) is 4.90. The van der Waals surface area contributed by atoms with Crippen LogP contribution in [0.3, 0.4) is 0 Å². The molecule has 4 aromatic rings. The number of nitro groups is 1. The van der Waals surface area contributed by atoms with Crippen LogP contribution < -0.4 is 15.0 Å². The number of hydrogen-bond acceptors (Lipinski definition) is 5. The Kier molecular flexibility index (Phi) is 4.93. The van der Waals surface area contributed by atoms with Crippen LogP contribution in [0.2, 0.25) is 0 Å². The van der Waals surface area contributed by atoms with Crippen molar-refractivity contribution < 1.29 is 14.4 Å². The van der Waals surface area contributed by atoms with Crippen molar-refractivity contribution in [2.24, 2.45) is 0 Å². The molecule has 1 aromatic heterocycles. The highest BCUT2D eigenvalue weighted by atomic mass is 16.6. The minimum Gasteiger partial charge on any atom is -0.493 e. The van der Waals surface area contributed by atoms with Gasteiger partial charge in [-0.05, 0) is 47.3 Å². The van der Waals surface area contributed by atoms with E-state index in [2.05, 4.69) is 0 Å². The fourth-order valence-electron chi connectivity index (χ4n) is 3.51. The van der Waals surface area contributed by atoms with Gasteiger partial charge >= 0.3 is 0 Å². The Morgan fingerprint density at radius 1 is 0.867 bits per heavy atom. The molecule has 3 aromatic carbocycles. The first-order valence-electron chi connectivity index (χ1n) is 9.15. The number of methoxy groups -OCH3 is 2. The summed E-state index contributed by atoms with van der Waals surface area (Å²) in [5, 5.41) is 12.5. The zero-order valence-electron chi connectivity index (χ0n) is 16.4. The highest BCUT2D eigenvalue weighted by Crippen LogP contribution is 2.37. The fourth-order valence-corrected chi connectivity index (χ4v) is 3.51. The zero-order valence-corrected chi connectivity index (χ0v) is 16.4. The van der Waals surface area contributed by atoms with Crippen molar-refractivity contribution in [2.45, 2.75) is 0 Å². The van der Waals surface area contributed by atoms with Gasteiger partial charge in [0.25, 0.3) is 11.2 Å². The molecule has 1 heterocycles. The Hall–Kier alpha value is -4.13. The monoisotopic (exact) mass is 402 g/mol. The van der Waals surface area contributed by atoms with Gasteiger partial charge in [0.15, 0.2) is 11.5 Å². The van der Waals surface area contributed by atoms with Crippen molar-refractivity contribution in [2.75, 3.05) is 14.2 Å². The molecule has 4 rings (SSSR count). The molecule has 0 saturated heterocycles. The standard InChI is InChI=1S/C23H18N2O5/c1-29-20-12-16-13-22(26)24(17-6-4-3-5-7-17)23(19(16)14-21(20)30-2)15-8-10-18(11-9-15)25(27)28/h3-14H,1-2H3. The van der Waals surface area contributed by atoms with E-state index in [1.54, 1.807) is 35.9 Å². The van der Waals surface area contributed by atoms with E-state index in [0.29, 0.717) is 33.8 Å². The quantitative estimate of drug-likeness (QED) is 0.360. The Balaban J connectivity index is 2.12. The predicted molar refractivity (Wildman–Crippen MR) is 115 cm³/mol.